The highest BCUT2D eigenvalue weighted by Gasteiger charge is 2.54. The van der Waals surface area contributed by atoms with E-state index in [-0.39, 0.29) is 6.04 Å². The van der Waals surface area contributed by atoms with Crippen LogP contribution in [-0.2, 0) is 0 Å². The number of nitrogens with one attached hydrogen (secondary N) is 1. The lowest BCUT2D eigenvalue weighted by molar-refractivity contribution is 0.397. The Morgan fingerprint density at radius 2 is 1.76 bits per heavy atom. The summed E-state index contributed by atoms with van der Waals surface area (Å²) in [6.07, 6.45) is 5.77. The molecule has 0 spiro atoms. The third-order valence-corrected chi connectivity index (χ3v) is 5.12. The second-order valence-electron chi connectivity index (χ2n) is 6.39. The van der Waals surface area contributed by atoms with Gasteiger partial charge in [0.15, 0.2) is 17.5 Å². The van der Waals surface area contributed by atoms with Crippen LogP contribution in [-0.4, -0.2) is 6.54 Å². The number of halogens is 3. The van der Waals surface area contributed by atoms with Crippen LogP contribution in [0.5, 0.6) is 0 Å². The van der Waals surface area contributed by atoms with Crippen molar-refractivity contribution in [3.63, 3.8) is 0 Å². The highest BCUT2D eigenvalue weighted by molar-refractivity contribution is 5.27. The monoisotopic (exact) mass is 297 g/mol. The largest absolute Gasteiger partial charge is 0.310 e. The maximum Gasteiger partial charge on any atom is 0.194 e. The van der Waals surface area contributed by atoms with Gasteiger partial charge >= 0.3 is 0 Å². The predicted octanol–water partition coefficient (Wildman–Crippen LogP) is 4.58. The third-order valence-electron chi connectivity index (χ3n) is 5.12. The molecule has 0 radical (unpaired) electrons. The van der Waals surface area contributed by atoms with Crippen molar-refractivity contribution in [2.24, 2.45) is 17.8 Å². The average Bonchev–Trinajstić information content (AvgIpc) is 3.21. The van der Waals surface area contributed by atoms with Gasteiger partial charge in [-0.1, -0.05) is 25.8 Å². The molecule has 1 N–H and O–H groups in total. The normalized spacial score (nSPS) is 29.0. The van der Waals surface area contributed by atoms with Gasteiger partial charge < -0.3 is 5.32 Å². The van der Waals surface area contributed by atoms with Gasteiger partial charge in [0.05, 0.1) is 0 Å². The zero-order valence-corrected chi connectivity index (χ0v) is 12.3. The Bertz CT molecular complexity index is 505. The van der Waals surface area contributed by atoms with Crippen molar-refractivity contribution in [1.29, 1.82) is 0 Å². The minimum Gasteiger partial charge on any atom is -0.310 e. The van der Waals surface area contributed by atoms with E-state index >= 15 is 0 Å². The molecule has 116 valence electrons. The molecule has 3 unspecified atom stereocenters. The lowest BCUT2D eigenvalue weighted by Gasteiger charge is -2.20. The summed E-state index contributed by atoms with van der Waals surface area (Å²) in [5.74, 6) is -1.86. The van der Waals surface area contributed by atoms with Crippen molar-refractivity contribution >= 4 is 0 Å². The lowest BCUT2D eigenvalue weighted by Crippen LogP contribution is -2.26. The first-order valence-electron chi connectivity index (χ1n) is 8.02. The Balaban J connectivity index is 1.87. The highest BCUT2D eigenvalue weighted by Crippen LogP contribution is 2.60. The zero-order chi connectivity index (χ0) is 15.0. The molecule has 2 aliphatic rings. The minimum atomic E-state index is -1.35. The number of fused-ring (bicyclic) bond motifs is 1. The van der Waals surface area contributed by atoms with Gasteiger partial charge in [0.1, 0.15) is 0 Å². The molecule has 4 heteroatoms. The fourth-order valence-corrected chi connectivity index (χ4v) is 4.08. The molecule has 0 amide bonds. The molecule has 3 atom stereocenters. The molecular formula is C17H22F3N. The van der Waals surface area contributed by atoms with E-state index in [9.17, 15) is 13.2 Å². The first-order valence-corrected chi connectivity index (χ1v) is 8.02. The van der Waals surface area contributed by atoms with Crippen molar-refractivity contribution in [1.82, 2.24) is 5.32 Å². The number of benzene rings is 1. The topological polar surface area (TPSA) is 12.0 Å². The standard InChI is InChI=1S/C17H22F3N/c1-2-9-21-17(14-10-5-3-4-6-11(10)14)12-7-8-13(18)16(20)15(12)19/h7-8,10-11,14,17,21H,2-6,9H2,1H3. The maximum absolute atomic E-state index is 14.2. The molecule has 2 saturated carbocycles. The molecule has 2 aliphatic carbocycles. The molecule has 3 rings (SSSR count). The molecule has 0 heterocycles. The fourth-order valence-electron chi connectivity index (χ4n) is 4.08. The van der Waals surface area contributed by atoms with Crippen LogP contribution in [0.3, 0.4) is 0 Å². The summed E-state index contributed by atoms with van der Waals surface area (Å²) in [5, 5.41) is 3.36. The Hall–Kier alpha value is -1.03. The summed E-state index contributed by atoms with van der Waals surface area (Å²) in [5.41, 5.74) is 0.293. The first-order chi connectivity index (χ1) is 10.1. The summed E-state index contributed by atoms with van der Waals surface area (Å²) in [4.78, 5) is 0. The van der Waals surface area contributed by atoms with Crippen LogP contribution in [0.4, 0.5) is 13.2 Å². The van der Waals surface area contributed by atoms with Crippen LogP contribution in [0.15, 0.2) is 12.1 Å². The van der Waals surface area contributed by atoms with E-state index < -0.39 is 17.5 Å². The van der Waals surface area contributed by atoms with Gasteiger partial charge in [0.25, 0.3) is 0 Å². The average molecular weight is 297 g/mol. The molecule has 0 aromatic heterocycles. The van der Waals surface area contributed by atoms with Crippen LogP contribution in [0, 0.1) is 35.2 Å². The van der Waals surface area contributed by atoms with Gasteiger partial charge in [-0.3, -0.25) is 0 Å². The zero-order valence-electron chi connectivity index (χ0n) is 12.3. The summed E-state index contributed by atoms with van der Waals surface area (Å²) in [6, 6.07) is 2.26. The molecule has 1 nitrogen and oxygen atoms in total. The number of hydrogen-bond acceptors (Lipinski definition) is 1. The van der Waals surface area contributed by atoms with Crippen molar-refractivity contribution in [2.45, 2.75) is 45.1 Å². The van der Waals surface area contributed by atoms with E-state index in [1.54, 1.807) is 0 Å². The van der Waals surface area contributed by atoms with Crippen LogP contribution in [0.25, 0.3) is 0 Å². The molecule has 0 bridgehead atoms. The van der Waals surface area contributed by atoms with Crippen molar-refractivity contribution < 1.29 is 13.2 Å². The molecule has 0 aliphatic heterocycles. The van der Waals surface area contributed by atoms with E-state index in [0.29, 0.717) is 23.3 Å². The van der Waals surface area contributed by atoms with Crippen LogP contribution in [0.1, 0.15) is 50.6 Å². The van der Waals surface area contributed by atoms with E-state index in [2.05, 4.69) is 5.32 Å². The maximum atomic E-state index is 14.2. The molecule has 1 aromatic carbocycles. The first kappa shape index (κ1) is 14.9. The fraction of sp³-hybridized carbons (Fsp3) is 0.647. The molecule has 21 heavy (non-hydrogen) atoms. The highest BCUT2D eigenvalue weighted by atomic mass is 19.2. The smallest absolute Gasteiger partial charge is 0.194 e. The van der Waals surface area contributed by atoms with Crippen molar-refractivity contribution in [3.8, 4) is 0 Å². The van der Waals surface area contributed by atoms with Crippen LogP contribution >= 0.6 is 0 Å². The Labute approximate surface area is 123 Å². The summed E-state index contributed by atoms with van der Waals surface area (Å²) in [7, 11) is 0. The molecule has 1 aromatic rings. The van der Waals surface area contributed by atoms with Gasteiger partial charge in [-0.05, 0) is 49.6 Å². The second kappa shape index (κ2) is 5.99. The van der Waals surface area contributed by atoms with E-state index in [1.807, 2.05) is 6.92 Å². The van der Waals surface area contributed by atoms with Crippen LogP contribution < -0.4 is 5.32 Å². The summed E-state index contributed by atoms with van der Waals surface area (Å²) >= 11 is 0. The molecular weight excluding hydrogens is 275 g/mol. The van der Waals surface area contributed by atoms with Crippen molar-refractivity contribution in [2.75, 3.05) is 6.54 Å². The van der Waals surface area contributed by atoms with Gasteiger partial charge in [-0.25, -0.2) is 13.2 Å². The number of hydrogen-bond donors (Lipinski definition) is 1. The van der Waals surface area contributed by atoms with E-state index in [0.717, 1.165) is 19.0 Å². The minimum absolute atomic E-state index is 0.187. The molecule has 2 fully saturated rings. The lowest BCUT2D eigenvalue weighted by atomic mass is 9.98. The van der Waals surface area contributed by atoms with Gasteiger partial charge in [-0.15, -0.1) is 0 Å². The van der Waals surface area contributed by atoms with Gasteiger partial charge in [0.2, 0.25) is 0 Å². The quantitative estimate of drug-likeness (QED) is 0.784. The Morgan fingerprint density at radius 1 is 1.10 bits per heavy atom. The van der Waals surface area contributed by atoms with E-state index in [4.69, 9.17) is 0 Å². The van der Waals surface area contributed by atoms with Crippen molar-refractivity contribution in [3.05, 3.63) is 35.1 Å². The Morgan fingerprint density at radius 3 is 2.38 bits per heavy atom. The predicted molar refractivity (Wildman–Crippen MR) is 76.3 cm³/mol. The van der Waals surface area contributed by atoms with Crippen LogP contribution in [0.2, 0.25) is 0 Å². The molecule has 0 saturated heterocycles. The summed E-state index contributed by atoms with van der Waals surface area (Å²) in [6.45, 7) is 2.81. The van der Waals surface area contributed by atoms with Gasteiger partial charge in [-0.2, -0.15) is 0 Å². The Kier molecular flexibility index (Phi) is 4.25. The van der Waals surface area contributed by atoms with Gasteiger partial charge in [0, 0.05) is 11.6 Å². The van der Waals surface area contributed by atoms with E-state index in [1.165, 1.54) is 31.7 Å². The third kappa shape index (κ3) is 2.70. The second-order valence-corrected chi connectivity index (χ2v) is 6.39. The SMILES string of the molecule is CCCNC(c1ccc(F)c(F)c1F)C1C2CCCCC21. The summed E-state index contributed by atoms with van der Waals surface area (Å²) < 4.78 is 40.9. The number of rotatable bonds is 5.